The summed E-state index contributed by atoms with van der Waals surface area (Å²) in [4.78, 5) is 4.26. The fourth-order valence-corrected chi connectivity index (χ4v) is 3.38. The van der Waals surface area contributed by atoms with Crippen LogP contribution in [0.2, 0.25) is 0 Å². The van der Waals surface area contributed by atoms with E-state index < -0.39 is 6.10 Å². The van der Waals surface area contributed by atoms with Gasteiger partial charge in [0.2, 0.25) is 5.88 Å². The quantitative estimate of drug-likeness (QED) is 0.337. The van der Waals surface area contributed by atoms with E-state index in [1.54, 1.807) is 6.20 Å². The average molecular weight is 434 g/mol. The van der Waals surface area contributed by atoms with Gasteiger partial charge in [0.1, 0.15) is 29.9 Å². The lowest BCUT2D eigenvalue weighted by atomic mass is 10.1. The summed E-state index contributed by atoms with van der Waals surface area (Å²) in [5, 5.41) is 23.1. The topological polar surface area (TPSA) is 88.3 Å². The minimum absolute atomic E-state index is 0.0346. The highest BCUT2D eigenvalue weighted by Crippen LogP contribution is 2.23. The summed E-state index contributed by atoms with van der Waals surface area (Å²) in [5.41, 5.74) is 1.88. The first-order valence-electron chi connectivity index (χ1n) is 10.6. The number of pyridine rings is 1. The molecule has 0 spiro atoms. The third-order valence-electron chi connectivity index (χ3n) is 5.07. The number of fused-ring (bicyclic) bond motifs is 1. The summed E-state index contributed by atoms with van der Waals surface area (Å²) in [5.74, 6) is 2.13. The van der Waals surface area contributed by atoms with Crippen LogP contribution in [0.25, 0.3) is 5.65 Å². The van der Waals surface area contributed by atoms with E-state index in [-0.39, 0.29) is 19.3 Å². The van der Waals surface area contributed by atoms with Crippen molar-refractivity contribution < 1.29 is 19.7 Å². The van der Waals surface area contributed by atoms with Crippen molar-refractivity contribution in [1.29, 1.82) is 0 Å². The first-order chi connectivity index (χ1) is 15.7. The molecule has 0 bridgehead atoms. The standard InChI is InChI=1S/C25H27N3O4/c29-17-20(27-16-21(30)18-31-22-5-2-1-3-6-22)15-19-9-11-23(12-10-19)32-25-8-4-7-24-26-13-14-28(24)25/h1-14,20-21,27,29-30H,15-18H2/t20-,21?/m0/s1. The number of para-hydroxylation sites is 1. The highest BCUT2D eigenvalue weighted by atomic mass is 16.5. The van der Waals surface area contributed by atoms with Crippen molar-refractivity contribution >= 4 is 5.65 Å². The molecule has 0 aliphatic carbocycles. The van der Waals surface area contributed by atoms with Gasteiger partial charge in [0.25, 0.3) is 0 Å². The molecule has 2 aromatic heterocycles. The van der Waals surface area contributed by atoms with Crippen LogP contribution < -0.4 is 14.8 Å². The molecule has 4 aromatic rings. The zero-order valence-electron chi connectivity index (χ0n) is 17.7. The third-order valence-corrected chi connectivity index (χ3v) is 5.07. The van der Waals surface area contributed by atoms with Gasteiger partial charge in [-0.25, -0.2) is 4.98 Å². The number of aromatic nitrogens is 2. The fraction of sp³-hybridized carbons (Fsp3) is 0.240. The van der Waals surface area contributed by atoms with E-state index in [9.17, 15) is 10.2 Å². The summed E-state index contributed by atoms with van der Waals surface area (Å²) in [6, 6.07) is 22.7. The van der Waals surface area contributed by atoms with Crippen molar-refractivity contribution in [2.45, 2.75) is 18.6 Å². The minimum Gasteiger partial charge on any atom is -0.491 e. The van der Waals surface area contributed by atoms with Crippen LogP contribution in [0.1, 0.15) is 5.56 Å². The smallest absolute Gasteiger partial charge is 0.205 e. The largest absolute Gasteiger partial charge is 0.491 e. The zero-order valence-corrected chi connectivity index (χ0v) is 17.7. The van der Waals surface area contributed by atoms with Crippen molar-refractivity contribution in [3.63, 3.8) is 0 Å². The van der Waals surface area contributed by atoms with Crippen molar-refractivity contribution in [2.75, 3.05) is 19.8 Å². The normalized spacial score (nSPS) is 13.1. The molecule has 0 radical (unpaired) electrons. The van der Waals surface area contributed by atoms with E-state index in [1.165, 1.54) is 0 Å². The molecule has 0 fully saturated rings. The van der Waals surface area contributed by atoms with E-state index in [2.05, 4.69) is 10.3 Å². The Bertz CT molecular complexity index is 1100. The molecule has 7 heteroatoms. The van der Waals surface area contributed by atoms with E-state index in [0.29, 0.717) is 18.8 Å². The Hall–Kier alpha value is -3.39. The summed E-state index contributed by atoms with van der Waals surface area (Å²) in [6.45, 7) is 0.478. The number of imidazole rings is 1. The van der Waals surface area contributed by atoms with Crippen LogP contribution in [0.4, 0.5) is 0 Å². The second-order valence-electron chi connectivity index (χ2n) is 7.54. The van der Waals surface area contributed by atoms with Gasteiger partial charge >= 0.3 is 0 Å². The average Bonchev–Trinajstić information content (AvgIpc) is 3.32. The lowest BCUT2D eigenvalue weighted by Crippen LogP contribution is -2.41. The molecule has 1 unspecified atom stereocenters. The molecule has 0 aliphatic rings. The van der Waals surface area contributed by atoms with Gasteiger partial charge in [-0.3, -0.25) is 4.40 Å². The summed E-state index contributed by atoms with van der Waals surface area (Å²) < 4.78 is 13.4. The number of aliphatic hydroxyl groups is 2. The number of rotatable bonds is 11. The third kappa shape index (κ3) is 5.85. The van der Waals surface area contributed by atoms with Gasteiger partial charge in [0, 0.05) is 25.0 Å². The van der Waals surface area contributed by atoms with E-state index >= 15 is 0 Å². The lowest BCUT2D eigenvalue weighted by molar-refractivity contribution is 0.0997. The summed E-state index contributed by atoms with van der Waals surface area (Å²) in [7, 11) is 0. The van der Waals surface area contributed by atoms with E-state index in [4.69, 9.17) is 9.47 Å². The maximum Gasteiger partial charge on any atom is 0.205 e. The van der Waals surface area contributed by atoms with E-state index in [1.807, 2.05) is 83.4 Å². The fourth-order valence-electron chi connectivity index (χ4n) is 3.38. The van der Waals surface area contributed by atoms with Crippen molar-refractivity contribution in [3.05, 3.63) is 90.8 Å². The molecule has 3 N–H and O–H groups in total. The van der Waals surface area contributed by atoms with Gasteiger partial charge in [0.15, 0.2) is 0 Å². The molecule has 2 heterocycles. The maximum absolute atomic E-state index is 10.2. The number of nitrogens with one attached hydrogen (secondary N) is 1. The SMILES string of the molecule is OC[C@H](Cc1ccc(Oc2cccc3nccn23)cc1)NCC(O)COc1ccccc1. The molecule has 7 nitrogen and oxygen atoms in total. The zero-order chi connectivity index (χ0) is 22.2. The molecular weight excluding hydrogens is 406 g/mol. The molecule has 0 saturated carbocycles. The van der Waals surface area contributed by atoms with Crippen LogP contribution in [0.5, 0.6) is 17.4 Å². The van der Waals surface area contributed by atoms with Crippen LogP contribution in [0.15, 0.2) is 85.2 Å². The molecule has 32 heavy (non-hydrogen) atoms. The van der Waals surface area contributed by atoms with Crippen LogP contribution in [0.3, 0.4) is 0 Å². The Balaban J connectivity index is 1.26. The highest BCUT2D eigenvalue weighted by molar-refractivity contribution is 5.43. The first kappa shape index (κ1) is 21.8. The Kier molecular flexibility index (Phi) is 7.34. The Labute approximate surface area is 186 Å². The van der Waals surface area contributed by atoms with Gasteiger partial charge < -0.3 is 25.0 Å². The molecule has 0 amide bonds. The van der Waals surface area contributed by atoms with Crippen LogP contribution in [-0.4, -0.2) is 51.5 Å². The second kappa shape index (κ2) is 10.8. The Morgan fingerprint density at radius 1 is 0.938 bits per heavy atom. The molecule has 4 rings (SSSR count). The molecule has 0 aliphatic heterocycles. The number of nitrogens with zero attached hydrogens (tertiary/aromatic N) is 2. The lowest BCUT2D eigenvalue weighted by Gasteiger charge is -2.19. The van der Waals surface area contributed by atoms with Gasteiger partial charge in [-0.1, -0.05) is 36.4 Å². The van der Waals surface area contributed by atoms with Crippen LogP contribution in [0, 0.1) is 0 Å². The molecule has 166 valence electrons. The number of hydrogen-bond acceptors (Lipinski definition) is 6. The maximum atomic E-state index is 10.2. The van der Waals surface area contributed by atoms with Crippen LogP contribution in [-0.2, 0) is 6.42 Å². The minimum atomic E-state index is -0.675. The van der Waals surface area contributed by atoms with Gasteiger partial charge in [-0.05, 0) is 48.4 Å². The number of benzene rings is 2. The van der Waals surface area contributed by atoms with E-state index in [0.717, 1.165) is 22.7 Å². The van der Waals surface area contributed by atoms with Gasteiger partial charge in [-0.15, -0.1) is 0 Å². The predicted molar refractivity (Wildman–Crippen MR) is 122 cm³/mol. The second-order valence-corrected chi connectivity index (χ2v) is 7.54. The van der Waals surface area contributed by atoms with Crippen molar-refractivity contribution in [3.8, 4) is 17.4 Å². The van der Waals surface area contributed by atoms with Gasteiger partial charge in [-0.2, -0.15) is 0 Å². The number of hydrogen-bond donors (Lipinski definition) is 3. The molecular formula is C25H27N3O4. The Morgan fingerprint density at radius 3 is 2.53 bits per heavy atom. The van der Waals surface area contributed by atoms with Crippen molar-refractivity contribution in [2.24, 2.45) is 0 Å². The van der Waals surface area contributed by atoms with Crippen LogP contribution >= 0.6 is 0 Å². The molecule has 2 atom stereocenters. The van der Waals surface area contributed by atoms with Gasteiger partial charge in [0.05, 0.1) is 6.61 Å². The van der Waals surface area contributed by atoms with Crippen molar-refractivity contribution in [1.82, 2.24) is 14.7 Å². The summed E-state index contributed by atoms with van der Waals surface area (Å²) in [6.07, 6.45) is 3.54. The summed E-state index contributed by atoms with van der Waals surface area (Å²) >= 11 is 0. The number of aliphatic hydroxyl groups excluding tert-OH is 2. The Morgan fingerprint density at radius 2 is 1.75 bits per heavy atom. The predicted octanol–water partition coefficient (Wildman–Crippen LogP) is 3.06. The monoisotopic (exact) mass is 433 g/mol. The first-order valence-corrected chi connectivity index (χ1v) is 10.6. The molecule has 2 aromatic carbocycles. The highest BCUT2D eigenvalue weighted by Gasteiger charge is 2.12. The molecule has 0 saturated heterocycles. The number of ether oxygens (including phenoxy) is 2.